The summed E-state index contributed by atoms with van der Waals surface area (Å²) in [5.74, 6) is 0.0930. The second kappa shape index (κ2) is 8.58. The van der Waals surface area contributed by atoms with E-state index in [0.717, 1.165) is 29.7 Å². The van der Waals surface area contributed by atoms with E-state index in [2.05, 4.69) is 26.1 Å². The quantitative estimate of drug-likeness (QED) is 0.420. The lowest BCUT2D eigenvalue weighted by atomic mass is 9.72. The molecule has 1 aliphatic carbocycles. The minimum absolute atomic E-state index is 0.111. The van der Waals surface area contributed by atoms with Gasteiger partial charge in [-0.3, -0.25) is 9.59 Å². The smallest absolute Gasteiger partial charge is 0.292 e. The number of halogens is 2. The van der Waals surface area contributed by atoms with Gasteiger partial charge in [-0.25, -0.2) is 0 Å². The first-order chi connectivity index (χ1) is 15.0. The van der Waals surface area contributed by atoms with Gasteiger partial charge in [-0.05, 0) is 66.5 Å². The Kier molecular flexibility index (Phi) is 6.14. The number of rotatable bonds is 4. The molecule has 2 amide bonds. The van der Waals surface area contributed by atoms with Crippen LogP contribution in [0.25, 0.3) is 11.3 Å². The monoisotopic (exact) mass is 490 g/mol. The molecule has 3 N–H and O–H groups in total. The standard InChI is InChI=1S/C24H24Cl2N2O3S/c1-24(2,3)12-4-6-15-19(10-12)32-23(20(15)21(27)29)28-22(30)18-9-8-17(31-18)14-7-5-13(25)11-16(14)26/h5,7-9,11-12H,4,6,10H2,1-3H3,(H2,27,29)(H,28,30). The average Bonchev–Trinajstić information content (AvgIpc) is 3.31. The van der Waals surface area contributed by atoms with Crippen LogP contribution in [0.3, 0.4) is 0 Å². The van der Waals surface area contributed by atoms with E-state index in [4.69, 9.17) is 33.4 Å². The molecule has 8 heteroatoms. The van der Waals surface area contributed by atoms with E-state index in [1.807, 2.05) is 0 Å². The van der Waals surface area contributed by atoms with Gasteiger partial charge in [0.1, 0.15) is 10.8 Å². The lowest BCUT2D eigenvalue weighted by Crippen LogP contribution is -2.27. The molecular weight excluding hydrogens is 467 g/mol. The Labute approximate surface area is 200 Å². The molecule has 4 rings (SSSR count). The topological polar surface area (TPSA) is 85.3 Å². The molecular formula is C24H24Cl2N2O3S. The number of amides is 2. The van der Waals surface area contributed by atoms with E-state index >= 15 is 0 Å². The fraction of sp³-hybridized carbons (Fsp3) is 0.333. The van der Waals surface area contributed by atoms with Gasteiger partial charge in [-0.2, -0.15) is 0 Å². The number of fused-ring (bicyclic) bond motifs is 1. The first-order valence-electron chi connectivity index (χ1n) is 10.4. The number of nitrogens with two attached hydrogens (primary N) is 1. The molecule has 1 unspecified atom stereocenters. The predicted octanol–water partition coefficient (Wildman–Crippen LogP) is 6.82. The van der Waals surface area contributed by atoms with Crippen LogP contribution in [0.5, 0.6) is 0 Å². The number of furan rings is 1. The van der Waals surface area contributed by atoms with Gasteiger partial charge >= 0.3 is 0 Å². The van der Waals surface area contributed by atoms with E-state index in [1.54, 1.807) is 30.3 Å². The van der Waals surface area contributed by atoms with Crippen molar-refractivity contribution in [1.82, 2.24) is 0 Å². The lowest BCUT2D eigenvalue weighted by molar-refractivity contribution is 0.0997. The van der Waals surface area contributed by atoms with Crippen molar-refractivity contribution in [3.63, 3.8) is 0 Å². The highest BCUT2D eigenvalue weighted by molar-refractivity contribution is 7.17. The van der Waals surface area contributed by atoms with Crippen molar-refractivity contribution in [2.24, 2.45) is 17.1 Å². The predicted molar refractivity (Wildman–Crippen MR) is 130 cm³/mol. The van der Waals surface area contributed by atoms with Gasteiger partial charge in [-0.1, -0.05) is 44.0 Å². The maximum atomic E-state index is 12.9. The highest BCUT2D eigenvalue weighted by Gasteiger charge is 2.33. The maximum Gasteiger partial charge on any atom is 0.292 e. The SMILES string of the molecule is CC(C)(C)C1CCc2c(sc(NC(=O)c3ccc(-c4ccc(Cl)cc4Cl)o3)c2C(N)=O)C1. The van der Waals surface area contributed by atoms with E-state index in [9.17, 15) is 9.59 Å². The van der Waals surface area contributed by atoms with Gasteiger partial charge in [-0.15, -0.1) is 11.3 Å². The molecule has 0 bridgehead atoms. The van der Waals surface area contributed by atoms with E-state index in [0.29, 0.717) is 37.9 Å². The van der Waals surface area contributed by atoms with Gasteiger partial charge in [0, 0.05) is 15.5 Å². The molecule has 2 heterocycles. The maximum absolute atomic E-state index is 12.9. The normalized spacial score (nSPS) is 16.0. The zero-order chi connectivity index (χ0) is 23.2. The van der Waals surface area contributed by atoms with Crippen LogP contribution >= 0.6 is 34.5 Å². The second-order valence-electron chi connectivity index (χ2n) is 9.12. The van der Waals surface area contributed by atoms with Crippen molar-refractivity contribution in [3.8, 4) is 11.3 Å². The molecule has 32 heavy (non-hydrogen) atoms. The van der Waals surface area contributed by atoms with E-state index in [1.165, 1.54) is 11.3 Å². The number of carbonyl (C=O) groups is 2. The van der Waals surface area contributed by atoms with Crippen molar-refractivity contribution in [3.05, 3.63) is 62.1 Å². The highest BCUT2D eigenvalue weighted by atomic mass is 35.5. The number of nitrogens with one attached hydrogen (secondary N) is 1. The molecule has 0 radical (unpaired) electrons. The van der Waals surface area contributed by atoms with Crippen molar-refractivity contribution >= 4 is 51.4 Å². The summed E-state index contributed by atoms with van der Waals surface area (Å²) in [7, 11) is 0. The third-order valence-electron chi connectivity index (χ3n) is 5.99. The minimum atomic E-state index is -0.528. The number of primary amides is 1. The van der Waals surface area contributed by atoms with Gasteiger partial charge in [0.15, 0.2) is 5.76 Å². The van der Waals surface area contributed by atoms with E-state index in [-0.39, 0.29) is 11.2 Å². The zero-order valence-electron chi connectivity index (χ0n) is 18.1. The Hall–Kier alpha value is -2.28. The molecule has 168 valence electrons. The third kappa shape index (κ3) is 4.45. The molecule has 0 spiro atoms. The van der Waals surface area contributed by atoms with Crippen molar-refractivity contribution in [2.75, 3.05) is 5.32 Å². The van der Waals surface area contributed by atoms with Gasteiger partial charge < -0.3 is 15.5 Å². The number of hydrogen-bond acceptors (Lipinski definition) is 4. The van der Waals surface area contributed by atoms with E-state index < -0.39 is 11.8 Å². The van der Waals surface area contributed by atoms with Crippen LogP contribution in [0.2, 0.25) is 10.0 Å². The third-order valence-corrected chi connectivity index (χ3v) is 7.71. The Balaban J connectivity index is 1.60. The molecule has 1 aliphatic rings. The molecule has 0 saturated carbocycles. The first-order valence-corrected chi connectivity index (χ1v) is 11.9. The van der Waals surface area contributed by atoms with Gasteiger partial charge in [0.05, 0.1) is 10.6 Å². The number of hydrogen-bond donors (Lipinski definition) is 2. The Morgan fingerprint density at radius 3 is 2.59 bits per heavy atom. The molecule has 0 saturated heterocycles. The summed E-state index contributed by atoms with van der Waals surface area (Å²) in [6, 6.07) is 8.29. The summed E-state index contributed by atoms with van der Waals surface area (Å²) in [5, 5.41) is 4.25. The van der Waals surface area contributed by atoms with Crippen LogP contribution < -0.4 is 11.1 Å². The summed E-state index contributed by atoms with van der Waals surface area (Å²) in [5.41, 5.74) is 7.88. The highest BCUT2D eigenvalue weighted by Crippen LogP contribution is 2.44. The van der Waals surface area contributed by atoms with Gasteiger partial charge in [0.2, 0.25) is 0 Å². The van der Waals surface area contributed by atoms with Crippen LogP contribution in [0.15, 0.2) is 34.7 Å². The van der Waals surface area contributed by atoms with Crippen LogP contribution in [0, 0.1) is 11.3 Å². The number of anilines is 1. The van der Waals surface area contributed by atoms with Crippen LogP contribution in [-0.2, 0) is 12.8 Å². The summed E-state index contributed by atoms with van der Waals surface area (Å²) in [6.45, 7) is 6.69. The number of thiophene rings is 1. The summed E-state index contributed by atoms with van der Waals surface area (Å²) in [4.78, 5) is 26.3. The molecule has 3 aromatic rings. The van der Waals surface area contributed by atoms with Crippen molar-refractivity contribution in [1.29, 1.82) is 0 Å². The van der Waals surface area contributed by atoms with Crippen LogP contribution in [-0.4, -0.2) is 11.8 Å². The molecule has 0 aliphatic heterocycles. The molecule has 1 atom stereocenters. The zero-order valence-corrected chi connectivity index (χ0v) is 20.4. The fourth-order valence-corrected chi connectivity index (χ4v) is 5.96. The molecule has 5 nitrogen and oxygen atoms in total. The van der Waals surface area contributed by atoms with Crippen molar-refractivity contribution < 1.29 is 14.0 Å². The Morgan fingerprint density at radius 2 is 1.94 bits per heavy atom. The average molecular weight is 491 g/mol. The van der Waals surface area contributed by atoms with Crippen molar-refractivity contribution in [2.45, 2.75) is 40.0 Å². The first kappa shape index (κ1) is 22.9. The Bertz CT molecular complexity index is 1210. The minimum Gasteiger partial charge on any atom is -0.451 e. The molecule has 0 fully saturated rings. The number of benzene rings is 1. The summed E-state index contributed by atoms with van der Waals surface area (Å²) < 4.78 is 5.74. The fourth-order valence-electron chi connectivity index (χ4n) is 4.13. The van der Waals surface area contributed by atoms with Crippen LogP contribution in [0.4, 0.5) is 5.00 Å². The van der Waals surface area contributed by atoms with Crippen LogP contribution in [0.1, 0.15) is 58.5 Å². The largest absolute Gasteiger partial charge is 0.451 e. The molecule has 1 aromatic carbocycles. The van der Waals surface area contributed by atoms with Gasteiger partial charge in [0.25, 0.3) is 11.8 Å². The summed E-state index contributed by atoms with van der Waals surface area (Å²) >= 11 is 13.6. The lowest BCUT2D eigenvalue weighted by Gasteiger charge is -2.33. The second-order valence-corrected chi connectivity index (χ2v) is 11.1. The molecule has 2 aromatic heterocycles. The number of carbonyl (C=O) groups excluding carboxylic acids is 2. The Morgan fingerprint density at radius 1 is 1.19 bits per heavy atom. The summed E-state index contributed by atoms with van der Waals surface area (Å²) in [6.07, 6.45) is 2.64.